The van der Waals surface area contributed by atoms with Crippen LogP contribution in [0.2, 0.25) is 0 Å². The fourth-order valence-electron chi connectivity index (χ4n) is 3.64. The largest absolute Gasteiger partial charge is 0.368 e. The molecule has 4 N–H and O–H groups in total. The minimum absolute atomic E-state index is 0.171. The SMILES string of the molecule is NC(=O)C1CCCN1C(=O)c1cc2c(N3CCCC3)nc(N)nc2s1. The maximum absolute atomic E-state index is 12.9. The number of fused-ring (bicyclic) bond motifs is 1. The molecule has 0 radical (unpaired) electrons. The Morgan fingerprint density at radius 3 is 2.64 bits per heavy atom. The zero-order valence-electron chi connectivity index (χ0n) is 13.8. The van der Waals surface area contributed by atoms with E-state index in [1.165, 1.54) is 11.3 Å². The van der Waals surface area contributed by atoms with E-state index in [2.05, 4.69) is 14.9 Å². The van der Waals surface area contributed by atoms with Crippen LogP contribution in [-0.4, -0.2) is 52.4 Å². The lowest BCUT2D eigenvalue weighted by Crippen LogP contribution is -2.43. The number of rotatable bonds is 3. The number of hydrogen-bond acceptors (Lipinski definition) is 7. The summed E-state index contributed by atoms with van der Waals surface area (Å²) >= 11 is 1.29. The number of primary amides is 1. The van der Waals surface area contributed by atoms with Crippen molar-refractivity contribution in [2.75, 3.05) is 30.3 Å². The van der Waals surface area contributed by atoms with Gasteiger partial charge in [-0.3, -0.25) is 9.59 Å². The molecule has 1 atom stereocenters. The second-order valence-electron chi connectivity index (χ2n) is 6.49. The van der Waals surface area contributed by atoms with E-state index in [0.29, 0.717) is 22.7 Å². The van der Waals surface area contributed by atoms with Crippen LogP contribution in [0.5, 0.6) is 0 Å². The molecule has 2 aromatic heterocycles. The molecule has 4 rings (SSSR count). The molecule has 2 aliphatic heterocycles. The number of nitrogens with two attached hydrogens (primary N) is 2. The average Bonchev–Trinajstić information content (AvgIpc) is 3.31. The molecule has 0 aliphatic carbocycles. The molecule has 1 unspecified atom stereocenters. The fourth-order valence-corrected chi connectivity index (χ4v) is 4.63. The van der Waals surface area contributed by atoms with Gasteiger partial charge in [-0.1, -0.05) is 0 Å². The molecule has 2 amide bonds. The molecule has 0 bridgehead atoms. The van der Waals surface area contributed by atoms with Gasteiger partial charge in [-0.25, -0.2) is 4.98 Å². The number of amides is 2. The maximum atomic E-state index is 12.9. The van der Waals surface area contributed by atoms with Gasteiger partial charge in [-0.05, 0) is 31.7 Å². The molecule has 9 heteroatoms. The standard InChI is InChI=1S/C16H20N6O2S/c17-12(23)10-4-3-7-22(10)15(24)11-8-9-13(21-5-1-2-6-21)19-16(18)20-14(9)25-11/h8,10H,1-7H2,(H2,17,23)(H2,18,19,20). The molecule has 25 heavy (non-hydrogen) atoms. The Morgan fingerprint density at radius 1 is 1.16 bits per heavy atom. The van der Waals surface area contributed by atoms with Crippen molar-refractivity contribution in [1.82, 2.24) is 14.9 Å². The van der Waals surface area contributed by atoms with Crippen LogP contribution < -0.4 is 16.4 Å². The first-order valence-electron chi connectivity index (χ1n) is 8.47. The third kappa shape index (κ3) is 2.78. The molecule has 0 spiro atoms. The lowest BCUT2D eigenvalue weighted by molar-refractivity contribution is -0.121. The predicted octanol–water partition coefficient (Wildman–Crippen LogP) is 0.964. The first-order valence-corrected chi connectivity index (χ1v) is 9.28. The summed E-state index contributed by atoms with van der Waals surface area (Å²) < 4.78 is 0. The van der Waals surface area contributed by atoms with Crippen molar-refractivity contribution in [1.29, 1.82) is 0 Å². The average molecular weight is 360 g/mol. The van der Waals surface area contributed by atoms with E-state index in [4.69, 9.17) is 11.5 Å². The molecular weight excluding hydrogens is 340 g/mol. The van der Waals surface area contributed by atoms with Crippen molar-refractivity contribution in [3.8, 4) is 0 Å². The highest BCUT2D eigenvalue weighted by atomic mass is 32.1. The lowest BCUT2D eigenvalue weighted by atomic mass is 10.2. The van der Waals surface area contributed by atoms with Crippen molar-refractivity contribution in [2.45, 2.75) is 31.7 Å². The van der Waals surface area contributed by atoms with Crippen molar-refractivity contribution >= 4 is 45.1 Å². The van der Waals surface area contributed by atoms with Gasteiger partial charge in [0.05, 0.1) is 10.3 Å². The minimum atomic E-state index is -0.521. The zero-order chi connectivity index (χ0) is 17.6. The number of nitrogen functional groups attached to an aromatic ring is 1. The number of likely N-dealkylation sites (tertiary alicyclic amines) is 1. The number of anilines is 2. The van der Waals surface area contributed by atoms with Crippen LogP contribution in [0.3, 0.4) is 0 Å². The van der Waals surface area contributed by atoms with E-state index < -0.39 is 11.9 Å². The quantitative estimate of drug-likeness (QED) is 0.842. The summed E-state index contributed by atoms with van der Waals surface area (Å²) in [5.74, 6) is 0.388. The van der Waals surface area contributed by atoms with Gasteiger partial charge in [0.2, 0.25) is 11.9 Å². The zero-order valence-corrected chi connectivity index (χ0v) is 14.6. The minimum Gasteiger partial charge on any atom is -0.368 e. The first kappa shape index (κ1) is 16.1. The smallest absolute Gasteiger partial charge is 0.264 e. The molecule has 4 heterocycles. The number of carbonyl (C=O) groups is 2. The Hall–Kier alpha value is -2.42. The summed E-state index contributed by atoms with van der Waals surface area (Å²) in [6, 6.07) is 1.30. The van der Waals surface area contributed by atoms with Crippen LogP contribution in [0.4, 0.5) is 11.8 Å². The summed E-state index contributed by atoms with van der Waals surface area (Å²) in [5, 5.41) is 0.847. The van der Waals surface area contributed by atoms with Crippen LogP contribution in [0.15, 0.2) is 6.07 Å². The van der Waals surface area contributed by atoms with Gasteiger partial charge in [0.1, 0.15) is 16.7 Å². The molecule has 2 saturated heterocycles. The highest BCUT2D eigenvalue weighted by Gasteiger charge is 2.34. The van der Waals surface area contributed by atoms with Crippen LogP contribution in [-0.2, 0) is 4.79 Å². The number of nitrogens with zero attached hydrogens (tertiary/aromatic N) is 4. The summed E-state index contributed by atoms with van der Waals surface area (Å²) in [5.41, 5.74) is 11.3. The van der Waals surface area contributed by atoms with E-state index in [1.54, 1.807) is 4.90 Å². The second kappa shape index (κ2) is 6.14. The normalized spacial score (nSPS) is 20.6. The monoisotopic (exact) mass is 360 g/mol. The van der Waals surface area contributed by atoms with Crippen molar-refractivity contribution in [3.05, 3.63) is 10.9 Å². The van der Waals surface area contributed by atoms with Gasteiger partial charge >= 0.3 is 0 Å². The van der Waals surface area contributed by atoms with Crippen molar-refractivity contribution < 1.29 is 9.59 Å². The predicted molar refractivity (Wildman–Crippen MR) is 96.5 cm³/mol. The highest BCUT2D eigenvalue weighted by Crippen LogP contribution is 2.34. The van der Waals surface area contributed by atoms with E-state index in [9.17, 15) is 9.59 Å². The number of hydrogen-bond donors (Lipinski definition) is 2. The van der Waals surface area contributed by atoms with Gasteiger partial charge in [-0.15, -0.1) is 11.3 Å². The highest BCUT2D eigenvalue weighted by molar-refractivity contribution is 7.20. The van der Waals surface area contributed by atoms with E-state index in [-0.39, 0.29) is 11.9 Å². The first-order chi connectivity index (χ1) is 12.0. The summed E-state index contributed by atoms with van der Waals surface area (Å²) in [7, 11) is 0. The van der Waals surface area contributed by atoms with Gasteiger partial charge in [0.25, 0.3) is 5.91 Å². The maximum Gasteiger partial charge on any atom is 0.264 e. The Morgan fingerprint density at radius 2 is 1.92 bits per heavy atom. The molecule has 8 nitrogen and oxygen atoms in total. The number of carbonyl (C=O) groups excluding carboxylic acids is 2. The Bertz CT molecular complexity index is 845. The van der Waals surface area contributed by atoms with Crippen LogP contribution in [0.25, 0.3) is 10.2 Å². The van der Waals surface area contributed by atoms with Crippen LogP contribution >= 0.6 is 11.3 Å². The van der Waals surface area contributed by atoms with Gasteiger partial charge in [0, 0.05) is 19.6 Å². The Labute approximate surface area is 148 Å². The van der Waals surface area contributed by atoms with Crippen LogP contribution in [0, 0.1) is 0 Å². The van der Waals surface area contributed by atoms with Crippen molar-refractivity contribution in [2.24, 2.45) is 5.73 Å². The molecular formula is C16H20N6O2S. The summed E-state index contributed by atoms with van der Waals surface area (Å²) in [4.78, 5) is 38.1. The van der Waals surface area contributed by atoms with E-state index in [0.717, 1.165) is 43.6 Å². The molecule has 2 aliphatic rings. The third-order valence-electron chi connectivity index (χ3n) is 4.85. The van der Waals surface area contributed by atoms with E-state index >= 15 is 0 Å². The van der Waals surface area contributed by atoms with Gasteiger partial charge < -0.3 is 21.3 Å². The Balaban J connectivity index is 1.72. The topological polar surface area (TPSA) is 118 Å². The summed E-state index contributed by atoms with van der Waals surface area (Å²) in [6.07, 6.45) is 3.65. The summed E-state index contributed by atoms with van der Waals surface area (Å²) in [6.45, 7) is 2.41. The molecule has 0 aromatic carbocycles. The van der Waals surface area contributed by atoms with Crippen molar-refractivity contribution in [3.63, 3.8) is 0 Å². The third-order valence-corrected chi connectivity index (χ3v) is 5.87. The van der Waals surface area contributed by atoms with Gasteiger partial charge in [-0.2, -0.15) is 4.98 Å². The van der Waals surface area contributed by atoms with E-state index in [1.807, 2.05) is 6.07 Å². The number of aromatic nitrogens is 2. The van der Waals surface area contributed by atoms with Gasteiger partial charge in [0.15, 0.2) is 0 Å². The lowest BCUT2D eigenvalue weighted by Gasteiger charge is -2.21. The molecule has 2 fully saturated rings. The fraction of sp³-hybridized carbons (Fsp3) is 0.500. The number of thiophene rings is 1. The van der Waals surface area contributed by atoms with Crippen LogP contribution in [0.1, 0.15) is 35.4 Å². The Kier molecular flexibility index (Phi) is 3.95. The molecule has 2 aromatic rings. The second-order valence-corrected chi connectivity index (χ2v) is 7.52. The molecule has 132 valence electrons. The molecule has 0 saturated carbocycles.